The van der Waals surface area contributed by atoms with Crippen LogP contribution in [0.4, 0.5) is 4.39 Å². The van der Waals surface area contributed by atoms with Gasteiger partial charge in [0.2, 0.25) is 11.7 Å². The van der Waals surface area contributed by atoms with Crippen molar-refractivity contribution in [2.75, 3.05) is 0 Å². The van der Waals surface area contributed by atoms with E-state index in [1.807, 2.05) is 11.0 Å². The summed E-state index contributed by atoms with van der Waals surface area (Å²) in [5.74, 6) is -0.242. The van der Waals surface area contributed by atoms with Crippen LogP contribution in [0, 0.1) is 17.1 Å². The number of benzene rings is 1. The number of rotatable bonds is 5. The summed E-state index contributed by atoms with van der Waals surface area (Å²) < 4.78 is 14.6. The van der Waals surface area contributed by atoms with Crippen molar-refractivity contribution >= 4 is 5.91 Å². The zero-order chi connectivity index (χ0) is 17.6. The van der Waals surface area contributed by atoms with Gasteiger partial charge >= 0.3 is 0 Å². The highest BCUT2D eigenvalue weighted by molar-refractivity contribution is 5.76. The molecule has 1 aliphatic rings. The molecule has 0 unspecified atom stereocenters. The second-order valence-electron chi connectivity index (χ2n) is 6.33. The number of hydrogen-bond donors (Lipinski definition) is 0. The zero-order valence-electron chi connectivity index (χ0n) is 13.9. The van der Waals surface area contributed by atoms with E-state index in [4.69, 9.17) is 5.26 Å². The summed E-state index contributed by atoms with van der Waals surface area (Å²) in [7, 11) is 0. The Balaban J connectivity index is 1.78. The van der Waals surface area contributed by atoms with Crippen LogP contribution in [-0.2, 0) is 17.9 Å². The molecule has 130 valence electrons. The monoisotopic (exact) mass is 341 g/mol. The lowest BCUT2D eigenvalue weighted by molar-refractivity contribution is -0.135. The van der Waals surface area contributed by atoms with Gasteiger partial charge in [0, 0.05) is 12.6 Å². The molecule has 0 atom stereocenters. The second-order valence-corrected chi connectivity index (χ2v) is 6.33. The number of amides is 1. The van der Waals surface area contributed by atoms with E-state index in [0.717, 1.165) is 31.2 Å². The van der Waals surface area contributed by atoms with Crippen LogP contribution in [0.25, 0.3) is 0 Å². The predicted octanol–water partition coefficient (Wildman–Crippen LogP) is 2.65. The third-order valence-electron chi connectivity index (χ3n) is 4.62. The van der Waals surface area contributed by atoms with Crippen LogP contribution in [0.3, 0.4) is 0 Å². The quantitative estimate of drug-likeness (QED) is 0.838. The standard InChI is InChI=1S/C18H20FN5O/c19-15-8-6-14(7-9-15)11-24(16-4-2-1-3-5-16)18(25)12-23-13-21-22-17(23)10-20/h6-9,13,16H,1-5,11-12H2. The van der Waals surface area contributed by atoms with Crippen molar-refractivity contribution < 1.29 is 9.18 Å². The van der Waals surface area contributed by atoms with Gasteiger partial charge in [-0.2, -0.15) is 5.26 Å². The maximum absolute atomic E-state index is 13.1. The molecule has 25 heavy (non-hydrogen) atoms. The molecule has 1 saturated carbocycles. The lowest BCUT2D eigenvalue weighted by atomic mass is 9.93. The summed E-state index contributed by atoms with van der Waals surface area (Å²) in [4.78, 5) is 14.8. The molecule has 0 N–H and O–H groups in total. The summed E-state index contributed by atoms with van der Waals surface area (Å²) in [6.45, 7) is 0.474. The minimum absolute atomic E-state index is 0.0353. The Morgan fingerprint density at radius 2 is 2.00 bits per heavy atom. The molecule has 1 aromatic carbocycles. The average Bonchev–Trinajstić information content (AvgIpc) is 3.09. The van der Waals surface area contributed by atoms with Crippen molar-refractivity contribution in [1.29, 1.82) is 5.26 Å². The molecule has 2 aromatic rings. The fourth-order valence-corrected chi connectivity index (χ4v) is 3.29. The number of carbonyl (C=O) groups excluding carboxylic acids is 1. The smallest absolute Gasteiger partial charge is 0.243 e. The van der Waals surface area contributed by atoms with Gasteiger partial charge in [0.1, 0.15) is 24.8 Å². The molecule has 0 radical (unpaired) electrons. The van der Waals surface area contributed by atoms with E-state index in [0.29, 0.717) is 6.54 Å². The fourth-order valence-electron chi connectivity index (χ4n) is 3.29. The van der Waals surface area contributed by atoms with E-state index >= 15 is 0 Å². The maximum Gasteiger partial charge on any atom is 0.243 e. The highest BCUT2D eigenvalue weighted by Gasteiger charge is 2.26. The van der Waals surface area contributed by atoms with Crippen molar-refractivity contribution in [3.05, 3.63) is 47.8 Å². The van der Waals surface area contributed by atoms with Crippen LogP contribution < -0.4 is 0 Å². The molecule has 1 aliphatic carbocycles. The first-order valence-corrected chi connectivity index (χ1v) is 8.49. The Hall–Kier alpha value is -2.75. The number of hydrogen-bond acceptors (Lipinski definition) is 4. The van der Waals surface area contributed by atoms with Gasteiger partial charge in [-0.25, -0.2) is 4.39 Å². The maximum atomic E-state index is 13.1. The van der Waals surface area contributed by atoms with E-state index < -0.39 is 0 Å². The molecule has 3 rings (SSSR count). The summed E-state index contributed by atoms with van der Waals surface area (Å²) in [6.07, 6.45) is 6.74. The molecule has 0 spiro atoms. The molecule has 1 aromatic heterocycles. The van der Waals surface area contributed by atoms with E-state index in [-0.39, 0.29) is 30.1 Å². The molecule has 0 aliphatic heterocycles. The predicted molar refractivity (Wildman–Crippen MR) is 88.6 cm³/mol. The first-order chi connectivity index (χ1) is 12.2. The van der Waals surface area contributed by atoms with Crippen LogP contribution in [0.5, 0.6) is 0 Å². The van der Waals surface area contributed by atoms with Gasteiger partial charge < -0.3 is 4.90 Å². The van der Waals surface area contributed by atoms with Crippen LogP contribution >= 0.6 is 0 Å². The summed E-state index contributed by atoms with van der Waals surface area (Å²) >= 11 is 0. The van der Waals surface area contributed by atoms with Crippen molar-refractivity contribution in [2.24, 2.45) is 0 Å². The van der Waals surface area contributed by atoms with Gasteiger partial charge in [0.15, 0.2) is 0 Å². The van der Waals surface area contributed by atoms with E-state index in [1.165, 1.54) is 29.4 Å². The number of nitrogens with zero attached hydrogens (tertiary/aromatic N) is 5. The molecular formula is C18H20FN5O. The molecule has 1 fully saturated rings. The lowest BCUT2D eigenvalue weighted by Gasteiger charge is -2.34. The summed E-state index contributed by atoms with van der Waals surface area (Å²) in [6, 6.07) is 8.34. The van der Waals surface area contributed by atoms with Gasteiger partial charge in [0.25, 0.3) is 0 Å². The molecule has 0 saturated heterocycles. The van der Waals surface area contributed by atoms with E-state index in [1.54, 1.807) is 12.1 Å². The van der Waals surface area contributed by atoms with Crippen molar-refractivity contribution in [3.63, 3.8) is 0 Å². The van der Waals surface area contributed by atoms with Crippen LogP contribution in [0.15, 0.2) is 30.6 Å². The van der Waals surface area contributed by atoms with Crippen molar-refractivity contribution in [1.82, 2.24) is 19.7 Å². The number of carbonyl (C=O) groups is 1. The Kier molecular flexibility index (Phi) is 5.39. The van der Waals surface area contributed by atoms with Crippen LogP contribution in [0.2, 0.25) is 0 Å². The minimum atomic E-state index is -0.289. The molecular weight excluding hydrogens is 321 g/mol. The van der Waals surface area contributed by atoms with E-state index in [2.05, 4.69) is 10.2 Å². The number of nitriles is 1. The molecule has 1 heterocycles. The first kappa shape index (κ1) is 17.1. The molecule has 0 bridgehead atoms. The third-order valence-corrected chi connectivity index (χ3v) is 4.62. The second kappa shape index (κ2) is 7.88. The highest BCUT2D eigenvalue weighted by atomic mass is 19.1. The fraction of sp³-hybridized carbons (Fsp3) is 0.444. The Bertz CT molecular complexity index is 759. The van der Waals surface area contributed by atoms with Gasteiger partial charge in [-0.05, 0) is 30.5 Å². The average molecular weight is 341 g/mol. The zero-order valence-corrected chi connectivity index (χ0v) is 13.9. The number of aromatic nitrogens is 3. The first-order valence-electron chi connectivity index (χ1n) is 8.49. The summed E-state index contributed by atoms with van der Waals surface area (Å²) in [5, 5.41) is 16.4. The van der Waals surface area contributed by atoms with Gasteiger partial charge in [-0.1, -0.05) is 31.4 Å². The summed E-state index contributed by atoms with van der Waals surface area (Å²) in [5.41, 5.74) is 0.893. The lowest BCUT2D eigenvalue weighted by Crippen LogP contribution is -2.42. The normalized spacial score (nSPS) is 14.9. The number of halogens is 1. The largest absolute Gasteiger partial charge is 0.334 e. The Morgan fingerprint density at radius 3 is 2.68 bits per heavy atom. The van der Waals surface area contributed by atoms with Gasteiger partial charge in [-0.3, -0.25) is 9.36 Å². The van der Waals surface area contributed by atoms with Crippen molar-refractivity contribution in [2.45, 2.75) is 51.2 Å². The van der Waals surface area contributed by atoms with Crippen LogP contribution in [-0.4, -0.2) is 31.6 Å². The Morgan fingerprint density at radius 1 is 1.28 bits per heavy atom. The van der Waals surface area contributed by atoms with Crippen LogP contribution in [0.1, 0.15) is 43.5 Å². The van der Waals surface area contributed by atoms with Gasteiger partial charge in [0.05, 0.1) is 0 Å². The third kappa shape index (κ3) is 4.21. The van der Waals surface area contributed by atoms with Crippen molar-refractivity contribution in [3.8, 4) is 6.07 Å². The van der Waals surface area contributed by atoms with Gasteiger partial charge in [-0.15, -0.1) is 10.2 Å². The van der Waals surface area contributed by atoms with E-state index in [9.17, 15) is 9.18 Å². The topological polar surface area (TPSA) is 74.8 Å². The molecule has 1 amide bonds. The SMILES string of the molecule is N#Cc1nncn1CC(=O)N(Cc1ccc(F)cc1)C1CCCCC1. The molecule has 6 nitrogen and oxygen atoms in total. The Labute approximate surface area is 145 Å². The minimum Gasteiger partial charge on any atom is -0.334 e. The molecule has 7 heteroatoms. The highest BCUT2D eigenvalue weighted by Crippen LogP contribution is 2.24.